The summed E-state index contributed by atoms with van der Waals surface area (Å²) in [5, 5.41) is 0. The zero-order valence-electron chi connectivity index (χ0n) is 65.3. The maximum absolute atomic E-state index is 6.32. The first kappa shape index (κ1) is 76.5. The number of aromatic nitrogens is 6. The molecular weight excluding hydrogens is 1450 g/mol. The summed E-state index contributed by atoms with van der Waals surface area (Å²) in [5.41, 5.74) is 18.1. The van der Waals surface area contributed by atoms with E-state index in [1.165, 1.54) is 22.3 Å². The van der Waals surface area contributed by atoms with Crippen molar-refractivity contribution < 1.29 is 27.9 Å². The fraction of sp³-hybridized carbons (Fsp3) is 0.188. The second-order valence-corrected chi connectivity index (χ2v) is 32.4. The predicted molar refractivity (Wildman–Crippen MR) is 460 cm³/mol. The standard InChI is InChI=1S/C45H38BN3O2.C39H26BrN3.C12H24B2O4/c1-44(2)45(3,4)51-46(50-44)40-20-12-18-38(30-40)34-23-21-33(22-24-34)37-17-11-19-39(29-37)43-48-41(35-15-9-6-10-16-35)47-42(49-43)36-27-25-32(26-28-36)31-13-7-5-8-14-31;40-36-16-8-14-34(26-36)30-19-17-29(18-20-30)33-13-7-15-35(25-33)39-42-37(31-11-5-2-6-12-31)41-38(43-39)32-23-21-28(22-24-32)27-9-3-1-4-10-27;1-9(2)10(3,4)16-13(15-9)14-17-11(5,6)12(7,8)18-14/h5-30H,1-4H3;1-26H;1-8H3. The van der Waals surface area contributed by atoms with Gasteiger partial charge >= 0.3 is 21.1 Å². The van der Waals surface area contributed by atoms with E-state index in [-0.39, 0.29) is 33.6 Å². The Morgan fingerprint density at radius 2 is 0.402 bits per heavy atom. The van der Waals surface area contributed by atoms with Gasteiger partial charge < -0.3 is 27.9 Å². The van der Waals surface area contributed by atoms with Crippen molar-refractivity contribution in [2.24, 2.45) is 0 Å². The minimum Gasteiger partial charge on any atom is -0.405 e. The Hall–Kier alpha value is -10.9. The van der Waals surface area contributed by atoms with Crippen molar-refractivity contribution in [2.75, 3.05) is 0 Å². The normalized spacial score (nSPS) is 16.1. The minimum absolute atomic E-state index is 0.360. The van der Waals surface area contributed by atoms with Gasteiger partial charge in [0.25, 0.3) is 0 Å². The lowest BCUT2D eigenvalue weighted by Crippen LogP contribution is -2.41. The van der Waals surface area contributed by atoms with Gasteiger partial charge in [-0.2, -0.15) is 0 Å². The second-order valence-electron chi connectivity index (χ2n) is 31.5. The number of hydrogen-bond acceptors (Lipinski definition) is 12. The number of hydrogen-bond donors (Lipinski definition) is 0. The quantitative estimate of drug-likeness (QED) is 0.0960. The Labute approximate surface area is 667 Å². The van der Waals surface area contributed by atoms with Gasteiger partial charge in [-0.25, -0.2) is 29.9 Å². The van der Waals surface area contributed by atoms with Crippen molar-refractivity contribution in [3.05, 3.63) is 320 Å². The van der Waals surface area contributed by atoms with Gasteiger partial charge in [0.2, 0.25) is 0 Å². The molecule has 12 aromatic carbocycles. The first-order valence-electron chi connectivity index (χ1n) is 38.1. The smallest absolute Gasteiger partial charge is 0.405 e. The average molecular weight is 1530 g/mol. The first-order valence-corrected chi connectivity index (χ1v) is 38.9. The molecule has 2 aromatic heterocycles. The maximum Gasteiger partial charge on any atom is 0.494 e. The van der Waals surface area contributed by atoms with E-state index < -0.39 is 21.1 Å². The van der Waals surface area contributed by atoms with Crippen molar-refractivity contribution in [2.45, 2.75) is 117 Å². The van der Waals surface area contributed by atoms with Crippen LogP contribution in [0.3, 0.4) is 0 Å². The number of nitrogens with zero attached hydrogens (tertiary/aromatic N) is 6. The highest BCUT2D eigenvalue weighted by atomic mass is 79.9. The van der Waals surface area contributed by atoms with Crippen LogP contribution in [-0.2, 0) is 27.9 Å². The summed E-state index contributed by atoms with van der Waals surface area (Å²) in [4.78, 5) is 29.7. The Kier molecular flexibility index (Phi) is 21.6. The molecule has 554 valence electrons. The van der Waals surface area contributed by atoms with Crippen molar-refractivity contribution in [1.29, 1.82) is 0 Å². The van der Waals surface area contributed by atoms with Gasteiger partial charge in [-0.15, -0.1) is 0 Å². The predicted octanol–water partition coefficient (Wildman–Crippen LogP) is 23.1. The van der Waals surface area contributed by atoms with Crippen molar-refractivity contribution in [1.82, 2.24) is 29.9 Å². The van der Waals surface area contributed by atoms with Crippen LogP contribution in [0.2, 0.25) is 0 Å². The lowest BCUT2D eigenvalue weighted by atomic mass is 9.49. The molecule has 17 rings (SSSR count). The molecule has 0 amide bonds. The minimum atomic E-state index is -0.476. The van der Waals surface area contributed by atoms with Crippen LogP contribution >= 0.6 is 15.9 Å². The summed E-state index contributed by atoms with van der Waals surface area (Å²) in [6.45, 7) is 24.5. The highest BCUT2D eigenvalue weighted by Crippen LogP contribution is 2.44. The van der Waals surface area contributed by atoms with E-state index in [1.54, 1.807) is 0 Å². The van der Waals surface area contributed by atoms with Crippen LogP contribution in [-0.4, -0.2) is 84.6 Å². The molecule has 3 aliphatic rings. The van der Waals surface area contributed by atoms with Crippen LogP contribution in [0.4, 0.5) is 0 Å². The zero-order valence-corrected chi connectivity index (χ0v) is 66.9. The summed E-state index contributed by atoms with van der Waals surface area (Å²) in [7, 11) is -1.35. The van der Waals surface area contributed by atoms with E-state index in [4.69, 9.17) is 57.8 Å². The molecule has 3 saturated heterocycles. The summed E-state index contributed by atoms with van der Waals surface area (Å²) < 4.78 is 37.6. The van der Waals surface area contributed by atoms with Crippen LogP contribution in [0, 0.1) is 0 Å². The molecule has 0 bridgehead atoms. The van der Waals surface area contributed by atoms with Crippen LogP contribution in [0.25, 0.3) is 135 Å². The fourth-order valence-corrected chi connectivity index (χ4v) is 13.9. The maximum atomic E-state index is 6.32. The van der Waals surface area contributed by atoms with Crippen LogP contribution in [0.1, 0.15) is 83.1 Å². The highest BCUT2D eigenvalue weighted by molar-refractivity contribution is 9.10. The third-order valence-corrected chi connectivity index (χ3v) is 22.7. The Morgan fingerprint density at radius 1 is 0.196 bits per heavy atom. The van der Waals surface area contributed by atoms with Gasteiger partial charge in [-0.3, -0.25) is 0 Å². The van der Waals surface area contributed by atoms with Crippen LogP contribution < -0.4 is 5.46 Å². The molecular formula is C96H88B3BrN6O6. The molecule has 3 aliphatic heterocycles. The first-order chi connectivity index (χ1) is 53.8. The SMILES string of the molecule is Brc1cccc(-c2ccc(-c3cccc(-c4nc(-c5ccccc5)nc(-c5ccc(-c6ccccc6)cc5)n4)c3)cc2)c1.CC1(C)OB(B2OC(C)(C)C(C)(C)O2)OC1(C)C.CC1(C)OB(c2cccc(-c3ccc(-c4cccc(-c5nc(-c6ccccc6)nc(-c6ccc(-c7ccccc7)cc6)n5)c4)cc3)c2)OC1(C)C. The molecule has 16 heteroatoms. The fourth-order valence-electron chi connectivity index (χ4n) is 13.5. The van der Waals surface area contributed by atoms with E-state index in [0.29, 0.717) is 34.9 Å². The number of rotatable bonds is 14. The van der Waals surface area contributed by atoms with E-state index >= 15 is 0 Å². The summed E-state index contributed by atoms with van der Waals surface area (Å²) in [6.07, 6.45) is 0. The molecule has 3 fully saturated rings. The van der Waals surface area contributed by atoms with Crippen molar-refractivity contribution in [3.63, 3.8) is 0 Å². The molecule has 12 nitrogen and oxygen atoms in total. The van der Waals surface area contributed by atoms with Gasteiger partial charge in [0.15, 0.2) is 34.9 Å². The lowest BCUT2D eigenvalue weighted by molar-refractivity contribution is 0.00578. The van der Waals surface area contributed by atoms with Gasteiger partial charge in [0.05, 0.1) is 33.6 Å². The zero-order chi connectivity index (χ0) is 78.0. The van der Waals surface area contributed by atoms with E-state index in [1.807, 2.05) is 134 Å². The largest absolute Gasteiger partial charge is 0.494 e. The van der Waals surface area contributed by atoms with Crippen LogP contribution in [0.15, 0.2) is 320 Å². The summed E-state index contributed by atoms with van der Waals surface area (Å²) >= 11 is 3.58. The van der Waals surface area contributed by atoms with Crippen molar-refractivity contribution >= 4 is 42.5 Å². The summed E-state index contributed by atoms with van der Waals surface area (Å²) in [5.74, 6) is 3.84. The van der Waals surface area contributed by atoms with Gasteiger partial charge in [0.1, 0.15) is 0 Å². The molecule has 0 aliphatic carbocycles. The monoisotopic (exact) mass is 1530 g/mol. The molecule has 0 saturated carbocycles. The molecule has 0 spiro atoms. The van der Waals surface area contributed by atoms with Gasteiger partial charge in [-0.1, -0.05) is 307 Å². The summed E-state index contributed by atoms with van der Waals surface area (Å²) in [6, 6.07) is 109. The Morgan fingerprint density at radius 3 is 0.714 bits per heavy atom. The molecule has 0 atom stereocenters. The molecule has 0 unspecified atom stereocenters. The van der Waals surface area contributed by atoms with Gasteiger partial charge in [-0.05, 0) is 180 Å². The van der Waals surface area contributed by atoms with Gasteiger partial charge in [0, 0.05) is 37.9 Å². The van der Waals surface area contributed by atoms with E-state index in [2.05, 4.69) is 280 Å². The highest BCUT2D eigenvalue weighted by Gasteiger charge is 2.64. The van der Waals surface area contributed by atoms with E-state index in [9.17, 15) is 0 Å². The number of halogens is 1. The van der Waals surface area contributed by atoms with Crippen molar-refractivity contribution in [3.8, 4) is 135 Å². The Balaban J connectivity index is 0.000000147. The molecule has 5 heterocycles. The topological polar surface area (TPSA) is 133 Å². The molecule has 112 heavy (non-hydrogen) atoms. The van der Waals surface area contributed by atoms with Crippen LogP contribution in [0.5, 0.6) is 0 Å². The molecule has 0 N–H and O–H groups in total. The second kappa shape index (κ2) is 31.7. The number of benzene rings is 12. The van der Waals surface area contributed by atoms with E-state index in [0.717, 1.165) is 87.8 Å². The third kappa shape index (κ3) is 16.8. The molecule has 14 aromatic rings. The Bertz CT molecular complexity index is 5550. The molecule has 0 radical (unpaired) electrons. The average Bonchev–Trinajstić information content (AvgIpc) is 1.59. The lowest BCUT2D eigenvalue weighted by Gasteiger charge is -2.32. The third-order valence-electron chi connectivity index (χ3n) is 22.2.